The second kappa shape index (κ2) is 47.8. The Hall–Kier alpha value is -2.89. The number of unbranched alkanes of at least 4 members (excludes halogenated alkanes) is 23. The maximum atomic E-state index is 12.7. The van der Waals surface area contributed by atoms with E-state index < -0.39 is 6.10 Å². The zero-order valence-electron chi connectivity index (χ0n) is 38.8. The van der Waals surface area contributed by atoms with Gasteiger partial charge in [0.1, 0.15) is 13.2 Å². The van der Waals surface area contributed by atoms with Crippen molar-refractivity contribution in [2.45, 2.75) is 245 Å². The van der Waals surface area contributed by atoms with E-state index in [9.17, 15) is 14.4 Å². The van der Waals surface area contributed by atoms with Crippen molar-refractivity contribution in [2.24, 2.45) is 0 Å². The van der Waals surface area contributed by atoms with Crippen molar-refractivity contribution in [2.75, 3.05) is 13.2 Å². The molecular weight excluding hydrogens is 733 g/mol. The minimum absolute atomic E-state index is 0.0976. The molecule has 0 aromatic rings. The summed E-state index contributed by atoms with van der Waals surface area (Å²) in [6.07, 6.45) is 57.8. The van der Waals surface area contributed by atoms with Crippen molar-refractivity contribution in [1.29, 1.82) is 0 Å². The van der Waals surface area contributed by atoms with Crippen LogP contribution in [0.25, 0.3) is 0 Å². The van der Waals surface area contributed by atoms with Crippen molar-refractivity contribution < 1.29 is 28.6 Å². The molecule has 0 aromatic heterocycles. The largest absolute Gasteiger partial charge is 0.462 e. The molecule has 6 nitrogen and oxygen atoms in total. The van der Waals surface area contributed by atoms with Crippen LogP contribution in [-0.4, -0.2) is 37.2 Å². The minimum atomic E-state index is -0.799. The number of hydrogen-bond donors (Lipinski definition) is 0. The van der Waals surface area contributed by atoms with Crippen molar-refractivity contribution >= 4 is 17.9 Å². The molecule has 0 amide bonds. The van der Waals surface area contributed by atoms with Gasteiger partial charge in [0.25, 0.3) is 0 Å². The van der Waals surface area contributed by atoms with Crippen LogP contribution in [0, 0.1) is 0 Å². The molecule has 0 aromatic carbocycles. The number of carbonyl (C=O) groups is 3. The lowest BCUT2D eigenvalue weighted by molar-refractivity contribution is -0.167. The molecule has 0 N–H and O–H groups in total. The van der Waals surface area contributed by atoms with Gasteiger partial charge < -0.3 is 14.2 Å². The molecule has 59 heavy (non-hydrogen) atoms. The van der Waals surface area contributed by atoms with Crippen LogP contribution in [0.2, 0.25) is 0 Å². The summed E-state index contributed by atoms with van der Waals surface area (Å²) in [6, 6.07) is 0. The molecule has 6 heteroatoms. The van der Waals surface area contributed by atoms with Gasteiger partial charge in [0, 0.05) is 19.3 Å². The van der Waals surface area contributed by atoms with Gasteiger partial charge in [-0.25, -0.2) is 0 Å². The Labute approximate surface area is 364 Å². The third kappa shape index (κ3) is 46.0. The highest BCUT2D eigenvalue weighted by Crippen LogP contribution is 2.13. The third-order valence-corrected chi connectivity index (χ3v) is 10.5. The zero-order chi connectivity index (χ0) is 43.0. The molecule has 1 unspecified atom stereocenters. The molecule has 0 aliphatic carbocycles. The smallest absolute Gasteiger partial charge is 0.306 e. The molecule has 0 fully saturated rings. The predicted octanol–water partition coefficient (Wildman–Crippen LogP) is 16.1. The summed E-state index contributed by atoms with van der Waals surface area (Å²) in [6.45, 7) is 6.52. The van der Waals surface area contributed by atoms with Gasteiger partial charge in [0.05, 0.1) is 0 Å². The highest BCUT2D eigenvalue weighted by atomic mass is 16.6. The summed E-state index contributed by atoms with van der Waals surface area (Å²) in [7, 11) is 0. The lowest BCUT2D eigenvalue weighted by Crippen LogP contribution is -2.30. The van der Waals surface area contributed by atoms with Crippen molar-refractivity contribution in [3.63, 3.8) is 0 Å². The van der Waals surface area contributed by atoms with Gasteiger partial charge in [-0.15, -0.1) is 0 Å². The summed E-state index contributed by atoms with van der Waals surface area (Å²) in [5.74, 6) is -0.970. The number of carbonyl (C=O) groups excluding carboxylic acids is 3. The van der Waals surface area contributed by atoms with Crippen molar-refractivity contribution in [3.05, 3.63) is 60.8 Å². The molecule has 340 valence electrons. The standard InChI is InChI=1S/C53H92O6/c1-4-7-10-13-16-19-22-25-26-27-28-29-32-34-37-40-43-46-52(55)58-49-50(59-53(56)47-44-41-38-35-31-24-21-18-15-12-9-6-3)48-57-51(54)45-42-39-36-33-30-23-20-17-14-11-8-5-2/h17-18,20-21,25-26,28-29,34,37,50H,4-16,19,22-24,27,30-33,35-36,38-49H2,1-3H3/b20-17-,21-18-,26-25-,29-28-,37-34-. The first kappa shape index (κ1) is 56.1. The molecular formula is C53H92O6. The molecule has 0 radical (unpaired) electrons. The Balaban J connectivity index is 4.46. The van der Waals surface area contributed by atoms with E-state index in [1.165, 1.54) is 116 Å². The summed E-state index contributed by atoms with van der Waals surface area (Å²) >= 11 is 0. The fourth-order valence-corrected chi connectivity index (χ4v) is 6.68. The van der Waals surface area contributed by atoms with Crippen molar-refractivity contribution in [3.8, 4) is 0 Å². The Morgan fingerprint density at radius 2 is 0.627 bits per heavy atom. The van der Waals surface area contributed by atoms with Gasteiger partial charge >= 0.3 is 17.9 Å². The number of hydrogen-bond acceptors (Lipinski definition) is 6. The van der Waals surface area contributed by atoms with E-state index in [1.807, 2.05) is 0 Å². The van der Waals surface area contributed by atoms with Crippen molar-refractivity contribution in [1.82, 2.24) is 0 Å². The van der Waals surface area contributed by atoms with E-state index in [0.717, 1.165) is 77.0 Å². The average molecular weight is 825 g/mol. The maximum Gasteiger partial charge on any atom is 0.306 e. The summed E-state index contributed by atoms with van der Waals surface area (Å²) in [4.78, 5) is 37.8. The first-order valence-electron chi connectivity index (χ1n) is 24.8. The quantitative estimate of drug-likeness (QED) is 0.0263. The fourth-order valence-electron chi connectivity index (χ4n) is 6.68. The van der Waals surface area contributed by atoms with E-state index in [0.29, 0.717) is 19.3 Å². The highest BCUT2D eigenvalue weighted by molar-refractivity contribution is 5.71. The van der Waals surface area contributed by atoms with Crippen LogP contribution in [0.15, 0.2) is 60.8 Å². The Bertz CT molecular complexity index is 1090. The molecule has 0 aliphatic rings. The summed E-state index contributed by atoms with van der Waals surface area (Å²) in [5.41, 5.74) is 0. The monoisotopic (exact) mass is 825 g/mol. The molecule has 0 saturated carbocycles. The minimum Gasteiger partial charge on any atom is -0.462 e. The third-order valence-electron chi connectivity index (χ3n) is 10.5. The second-order valence-corrected chi connectivity index (χ2v) is 16.4. The van der Waals surface area contributed by atoms with Crippen LogP contribution in [0.5, 0.6) is 0 Å². The number of ether oxygens (including phenoxy) is 3. The molecule has 0 aliphatic heterocycles. The van der Waals surface area contributed by atoms with Gasteiger partial charge in [-0.1, -0.05) is 178 Å². The second-order valence-electron chi connectivity index (χ2n) is 16.4. The van der Waals surface area contributed by atoms with E-state index >= 15 is 0 Å². The van der Waals surface area contributed by atoms with E-state index in [2.05, 4.69) is 81.5 Å². The topological polar surface area (TPSA) is 78.9 Å². The van der Waals surface area contributed by atoms with Crippen LogP contribution in [0.3, 0.4) is 0 Å². The first-order valence-corrected chi connectivity index (χ1v) is 24.8. The Morgan fingerprint density at radius 3 is 1.07 bits per heavy atom. The SMILES string of the molecule is CCCCC/C=C\CCCCCCCC(=O)OCC(COC(=O)CCC/C=C\C/C=C\C/C=C\CCCCCCCC)OC(=O)CCCCCCC/C=C\CCCCC. The van der Waals surface area contributed by atoms with Gasteiger partial charge in [-0.05, 0) is 103 Å². The molecule has 0 heterocycles. The molecule has 0 saturated heterocycles. The van der Waals surface area contributed by atoms with Gasteiger partial charge in [0.15, 0.2) is 6.10 Å². The zero-order valence-corrected chi connectivity index (χ0v) is 38.8. The summed E-state index contributed by atoms with van der Waals surface area (Å²) in [5, 5.41) is 0. The van der Waals surface area contributed by atoms with Crippen LogP contribution >= 0.6 is 0 Å². The predicted molar refractivity (Wildman–Crippen MR) is 251 cm³/mol. The van der Waals surface area contributed by atoms with Gasteiger partial charge in [0.2, 0.25) is 0 Å². The summed E-state index contributed by atoms with van der Waals surface area (Å²) < 4.78 is 16.7. The Morgan fingerprint density at radius 1 is 0.339 bits per heavy atom. The van der Waals surface area contributed by atoms with E-state index in [-0.39, 0.29) is 37.5 Å². The molecule has 0 rings (SSSR count). The van der Waals surface area contributed by atoms with Gasteiger partial charge in [-0.3, -0.25) is 14.4 Å². The highest BCUT2D eigenvalue weighted by Gasteiger charge is 2.19. The normalized spacial score (nSPS) is 12.5. The van der Waals surface area contributed by atoms with E-state index in [1.54, 1.807) is 0 Å². The van der Waals surface area contributed by atoms with Crippen LogP contribution < -0.4 is 0 Å². The maximum absolute atomic E-state index is 12.7. The van der Waals surface area contributed by atoms with Crippen LogP contribution in [-0.2, 0) is 28.6 Å². The first-order chi connectivity index (χ1) is 29.0. The fraction of sp³-hybridized carbons (Fsp3) is 0.755. The van der Waals surface area contributed by atoms with E-state index in [4.69, 9.17) is 14.2 Å². The van der Waals surface area contributed by atoms with Crippen LogP contribution in [0.1, 0.15) is 239 Å². The van der Waals surface area contributed by atoms with Crippen LogP contribution in [0.4, 0.5) is 0 Å². The lowest BCUT2D eigenvalue weighted by atomic mass is 10.1. The lowest BCUT2D eigenvalue weighted by Gasteiger charge is -2.18. The molecule has 0 spiro atoms. The number of rotatable bonds is 44. The number of esters is 3. The molecule has 1 atom stereocenters. The molecule has 0 bridgehead atoms. The number of allylic oxidation sites excluding steroid dienone is 10. The average Bonchev–Trinajstić information content (AvgIpc) is 3.23. The Kier molecular flexibility index (Phi) is 45.4. The van der Waals surface area contributed by atoms with Gasteiger partial charge in [-0.2, -0.15) is 0 Å².